The highest BCUT2D eigenvalue weighted by Crippen LogP contribution is 2.36. The van der Waals surface area contributed by atoms with Crippen molar-refractivity contribution in [3.05, 3.63) is 23.3 Å². The fourth-order valence-corrected chi connectivity index (χ4v) is 3.08. The smallest absolute Gasteiger partial charge is 0.412 e. The lowest BCUT2D eigenvalue weighted by Gasteiger charge is -2.29. The minimum Gasteiger partial charge on any atom is -0.476 e. The molecule has 0 spiro atoms. The van der Waals surface area contributed by atoms with E-state index in [2.05, 4.69) is 5.32 Å². The van der Waals surface area contributed by atoms with Crippen LogP contribution in [-0.4, -0.2) is 29.9 Å². The second kappa shape index (κ2) is 8.19. The van der Waals surface area contributed by atoms with Crippen LogP contribution in [0.1, 0.15) is 65.5 Å². The maximum Gasteiger partial charge on any atom is 0.412 e. The molecule has 1 N–H and O–H groups in total. The zero-order chi connectivity index (χ0) is 20.2. The van der Waals surface area contributed by atoms with Gasteiger partial charge in [-0.1, -0.05) is 0 Å². The minimum atomic E-state index is -1.08. The molecule has 0 bridgehead atoms. The molecule has 0 saturated heterocycles. The summed E-state index contributed by atoms with van der Waals surface area (Å²) < 4.78 is 16.5. The molecule has 1 aromatic carbocycles. The van der Waals surface area contributed by atoms with Gasteiger partial charge in [0.1, 0.15) is 11.4 Å². The number of fused-ring (bicyclic) bond motifs is 1. The van der Waals surface area contributed by atoms with Gasteiger partial charge in [0.15, 0.2) is 5.60 Å². The van der Waals surface area contributed by atoms with Crippen LogP contribution in [0.4, 0.5) is 10.5 Å². The van der Waals surface area contributed by atoms with Crippen LogP contribution in [0, 0.1) is 0 Å². The number of nitrogens with one attached hydrogen (secondary N) is 1. The Morgan fingerprint density at radius 3 is 2.26 bits per heavy atom. The molecule has 0 unspecified atom stereocenters. The Balaban J connectivity index is 2.27. The van der Waals surface area contributed by atoms with Crippen LogP contribution >= 0.6 is 0 Å². The summed E-state index contributed by atoms with van der Waals surface area (Å²) in [4.78, 5) is 24.3. The molecule has 150 valence electrons. The molecule has 0 radical (unpaired) electrons. The van der Waals surface area contributed by atoms with Gasteiger partial charge in [-0.15, -0.1) is 0 Å². The quantitative estimate of drug-likeness (QED) is 0.757. The van der Waals surface area contributed by atoms with Crippen LogP contribution in [-0.2, 0) is 27.1 Å². The highest BCUT2D eigenvalue weighted by molar-refractivity contribution is 5.87. The number of carbonyl (C=O) groups is 2. The van der Waals surface area contributed by atoms with E-state index in [-0.39, 0.29) is 0 Å². The second-order valence-electron chi connectivity index (χ2n) is 8.24. The Hall–Kier alpha value is -2.24. The van der Waals surface area contributed by atoms with Crippen molar-refractivity contribution in [2.24, 2.45) is 0 Å². The molecule has 1 amide bonds. The SMILES string of the molecule is CCOC(=O)C(C)(C)Oc1ccc(NC(=O)OC(C)(C)C)c2c1CCCC2. The minimum absolute atomic E-state index is 0.308. The maximum atomic E-state index is 12.2. The van der Waals surface area contributed by atoms with E-state index in [4.69, 9.17) is 14.2 Å². The highest BCUT2D eigenvalue weighted by atomic mass is 16.6. The van der Waals surface area contributed by atoms with Crippen LogP contribution in [0.3, 0.4) is 0 Å². The van der Waals surface area contributed by atoms with Crippen molar-refractivity contribution in [1.82, 2.24) is 0 Å². The van der Waals surface area contributed by atoms with Gasteiger partial charge in [0, 0.05) is 5.69 Å². The molecule has 0 heterocycles. The Labute approximate surface area is 161 Å². The van der Waals surface area contributed by atoms with E-state index in [1.165, 1.54) is 0 Å². The Morgan fingerprint density at radius 2 is 1.67 bits per heavy atom. The van der Waals surface area contributed by atoms with Gasteiger partial charge >= 0.3 is 12.1 Å². The predicted octanol–water partition coefficient (Wildman–Crippen LogP) is 4.63. The fraction of sp³-hybridized carbons (Fsp3) is 0.619. The molecule has 1 aliphatic carbocycles. The molecule has 0 fully saturated rings. The fourth-order valence-electron chi connectivity index (χ4n) is 3.08. The van der Waals surface area contributed by atoms with Gasteiger partial charge in [-0.25, -0.2) is 9.59 Å². The summed E-state index contributed by atoms with van der Waals surface area (Å²) in [6.07, 6.45) is 3.29. The van der Waals surface area contributed by atoms with E-state index >= 15 is 0 Å². The van der Waals surface area contributed by atoms with Crippen molar-refractivity contribution in [2.45, 2.75) is 78.4 Å². The Morgan fingerprint density at radius 1 is 1.04 bits per heavy atom. The summed E-state index contributed by atoms with van der Waals surface area (Å²) in [6.45, 7) is 11.0. The lowest BCUT2D eigenvalue weighted by atomic mass is 9.89. The van der Waals surface area contributed by atoms with Gasteiger partial charge in [0.2, 0.25) is 0 Å². The topological polar surface area (TPSA) is 73.9 Å². The van der Waals surface area contributed by atoms with Crippen molar-refractivity contribution >= 4 is 17.7 Å². The number of rotatable bonds is 5. The van der Waals surface area contributed by atoms with Crippen LogP contribution in [0.15, 0.2) is 12.1 Å². The summed E-state index contributed by atoms with van der Waals surface area (Å²) in [5, 5.41) is 2.85. The molecule has 0 atom stereocenters. The molecule has 2 rings (SSSR count). The first-order chi connectivity index (χ1) is 12.5. The van der Waals surface area contributed by atoms with Crippen LogP contribution < -0.4 is 10.1 Å². The van der Waals surface area contributed by atoms with E-state index in [0.717, 1.165) is 42.5 Å². The van der Waals surface area contributed by atoms with Crippen LogP contribution in [0.2, 0.25) is 0 Å². The lowest BCUT2D eigenvalue weighted by Crippen LogP contribution is -2.40. The van der Waals surface area contributed by atoms with Crippen molar-refractivity contribution in [2.75, 3.05) is 11.9 Å². The number of ether oxygens (including phenoxy) is 3. The Kier molecular flexibility index (Phi) is 6.39. The standard InChI is InChI=1S/C21H31NO5/c1-7-25-18(23)21(5,6)26-17-13-12-16(14-10-8-9-11-15(14)17)22-19(24)27-20(2,3)4/h12-13H,7-11H2,1-6H3,(H,22,24). The monoisotopic (exact) mass is 377 g/mol. The highest BCUT2D eigenvalue weighted by Gasteiger charge is 2.33. The number of benzene rings is 1. The lowest BCUT2D eigenvalue weighted by molar-refractivity contribution is -0.158. The molecule has 0 saturated carbocycles. The third kappa shape index (κ3) is 5.62. The largest absolute Gasteiger partial charge is 0.476 e. The number of hydrogen-bond acceptors (Lipinski definition) is 5. The van der Waals surface area contributed by atoms with E-state index in [9.17, 15) is 9.59 Å². The van der Waals surface area contributed by atoms with E-state index in [1.807, 2.05) is 26.8 Å². The maximum absolute atomic E-state index is 12.2. The Bertz CT molecular complexity index is 703. The molecular weight excluding hydrogens is 346 g/mol. The van der Waals surface area contributed by atoms with Crippen LogP contribution in [0.25, 0.3) is 0 Å². The van der Waals surface area contributed by atoms with Gasteiger partial charge in [-0.05, 0) is 90.5 Å². The molecule has 0 aromatic heterocycles. The van der Waals surface area contributed by atoms with Crippen LogP contribution in [0.5, 0.6) is 5.75 Å². The second-order valence-corrected chi connectivity index (χ2v) is 8.24. The summed E-state index contributed by atoms with van der Waals surface area (Å²) in [7, 11) is 0. The van der Waals surface area contributed by atoms with Crippen molar-refractivity contribution < 1.29 is 23.8 Å². The third-order valence-corrected chi connectivity index (χ3v) is 4.26. The molecule has 6 heteroatoms. The number of carbonyl (C=O) groups excluding carboxylic acids is 2. The first-order valence-electron chi connectivity index (χ1n) is 9.54. The predicted molar refractivity (Wildman–Crippen MR) is 104 cm³/mol. The molecule has 6 nitrogen and oxygen atoms in total. The van der Waals surface area contributed by atoms with Gasteiger partial charge in [-0.3, -0.25) is 5.32 Å². The molecule has 27 heavy (non-hydrogen) atoms. The zero-order valence-corrected chi connectivity index (χ0v) is 17.2. The summed E-state index contributed by atoms with van der Waals surface area (Å²) in [5.74, 6) is 0.267. The van der Waals surface area contributed by atoms with Crippen molar-refractivity contribution in [3.8, 4) is 5.75 Å². The number of hydrogen-bond donors (Lipinski definition) is 1. The normalized spacial score (nSPS) is 14.1. The number of amides is 1. The van der Waals surface area contributed by atoms with Gasteiger partial charge in [0.05, 0.1) is 6.61 Å². The number of anilines is 1. The van der Waals surface area contributed by atoms with Gasteiger partial charge in [0.25, 0.3) is 0 Å². The molecule has 1 aromatic rings. The van der Waals surface area contributed by atoms with Gasteiger partial charge < -0.3 is 14.2 Å². The summed E-state index contributed by atoms with van der Waals surface area (Å²) >= 11 is 0. The van der Waals surface area contributed by atoms with Crippen molar-refractivity contribution in [1.29, 1.82) is 0 Å². The average Bonchev–Trinajstić information content (AvgIpc) is 2.55. The zero-order valence-electron chi connectivity index (χ0n) is 17.2. The first-order valence-corrected chi connectivity index (χ1v) is 9.54. The van der Waals surface area contributed by atoms with E-state index in [0.29, 0.717) is 12.4 Å². The molecule has 1 aliphatic rings. The van der Waals surface area contributed by atoms with E-state index in [1.54, 1.807) is 26.8 Å². The van der Waals surface area contributed by atoms with Crippen molar-refractivity contribution in [3.63, 3.8) is 0 Å². The average molecular weight is 377 g/mol. The molecular formula is C21H31NO5. The summed E-state index contributed by atoms with van der Waals surface area (Å²) in [5.41, 5.74) is 1.18. The third-order valence-electron chi connectivity index (χ3n) is 4.26. The summed E-state index contributed by atoms with van der Waals surface area (Å²) in [6, 6.07) is 3.61. The first kappa shape index (κ1) is 21.1. The molecule has 0 aliphatic heterocycles. The number of esters is 1. The van der Waals surface area contributed by atoms with Gasteiger partial charge in [-0.2, -0.15) is 0 Å². The van der Waals surface area contributed by atoms with E-state index < -0.39 is 23.3 Å².